The molecule has 0 aromatic rings. The molecule has 5 nitrogen and oxygen atoms in total. The van der Waals surface area contributed by atoms with Crippen molar-refractivity contribution >= 4 is 16.1 Å². The molecule has 0 radical (unpaired) electrons. The molecule has 76 valence electrons. The molecular formula is C7H12O5S. The van der Waals surface area contributed by atoms with Crippen LogP contribution in [0.4, 0.5) is 0 Å². The van der Waals surface area contributed by atoms with Gasteiger partial charge in [0.05, 0.1) is 6.26 Å². The number of rotatable bonds is 5. The van der Waals surface area contributed by atoms with Crippen molar-refractivity contribution in [1.29, 1.82) is 0 Å². The lowest BCUT2D eigenvalue weighted by atomic mass is 10.4. The van der Waals surface area contributed by atoms with E-state index in [2.05, 4.69) is 15.5 Å². The van der Waals surface area contributed by atoms with Crippen molar-refractivity contribution in [1.82, 2.24) is 0 Å². The average Bonchev–Trinajstić information content (AvgIpc) is 1.96. The Hall–Kier alpha value is -0.880. The second-order valence-electron chi connectivity index (χ2n) is 2.36. The monoisotopic (exact) mass is 208 g/mol. The van der Waals surface area contributed by atoms with Gasteiger partial charge in [-0.2, -0.15) is 8.42 Å². The lowest BCUT2D eigenvalue weighted by Crippen LogP contribution is -2.25. The molecule has 0 aliphatic carbocycles. The molecule has 0 heterocycles. The molecule has 0 aromatic heterocycles. The van der Waals surface area contributed by atoms with E-state index in [9.17, 15) is 13.2 Å². The van der Waals surface area contributed by atoms with Gasteiger partial charge in [0.15, 0.2) is 6.10 Å². The minimum atomic E-state index is -3.62. The highest BCUT2D eigenvalue weighted by molar-refractivity contribution is 7.86. The molecule has 0 spiro atoms. The summed E-state index contributed by atoms with van der Waals surface area (Å²) >= 11 is 0. The summed E-state index contributed by atoms with van der Waals surface area (Å²) in [6.45, 7) is 4.67. The van der Waals surface area contributed by atoms with Crippen LogP contribution in [0.1, 0.15) is 6.92 Å². The van der Waals surface area contributed by atoms with E-state index in [4.69, 9.17) is 0 Å². The number of hydrogen-bond donors (Lipinski definition) is 0. The third-order valence-electron chi connectivity index (χ3n) is 0.995. The molecule has 0 N–H and O–H groups in total. The Bertz CT molecular complexity index is 279. The third kappa shape index (κ3) is 6.30. The van der Waals surface area contributed by atoms with E-state index in [-0.39, 0.29) is 6.61 Å². The van der Waals surface area contributed by atoms with Crippen LogP contribution in [0.2, 0.25) is 0 Å². The maximum atomic E-state index is 10.9. The van der Waals surface area contributed by atoms with Crippen molar-refractivity contribution < 1.29 is 22.1 Å². The van der Waals surface area contributed by atoms with Crippen molar-refractivity contribution in [2.45, 2.75) is 13.0 Å². The first-order chi connectivity index (χ1) is 5.87. The zero-order valence-corrected chi connectivity index (χ0v) is 8.33. The van der Waals surface area contributed by atoms with E-state index in [1.165, 1.54) is 13.0 Å². The van der Waals surface area contributed by atoms with Gasteiger partial charge in [0.2, 0.25) is 0 Å². The van der Waals surface area contributed by atoms with Crippen LogP contribution in [-0.4, -0.2) is 33.4 Å². The van der Waals surface area contributed by atoms with Gasteiger partial charge >= 0.3 is 5.97 Å². The molecule has 0 saturated carbocycles. The number of carbonyl (C=O) groups is 1. The van der Waals surface area contributed by atoms with Gasteiger partial charge in [0, 0.05) is 0 Å². The van der Waals surface area contributed by atoms with Crippen molar-refractivity contribution in [2.75, 3.05) is 12.9 Å². The van der Waals surface area contributed by atoms with Gasteiger partial charge in [-0.25, -0.2) is 4.79 Å². The lowest BCUT2D eigenvalue weighted by molar-refractivity contribution is -0.149. The molecule has 0 unspecified atom stereocenters. The number of esters is 1. The Labute approximate surface area is 77.5 Å². The zero-order chi connectivity index (χ0) is 10.5. The summed E-state index contributed by atoms with van der Waals surface area (Å²) in [5, 5.41) is 0. The Balaban J connectivity index is 4.04. The fraction of sp³-hybridized carbons (Fsp3) is 0.571. The second-order valence-corrected chi connectivity index (χ2v) is 3.96. The van der Waals surface area contributed by atoms with Gasteiger partial charge in [0.1, 0.15) is 6.61 Å². The molecule has 1 atom stereocenters. The van der Waals surface area contributed by atoms with Gasteiger partial charge < -0.3 is 4.74 Å². The Morgan fingerprint density at radius 2 is 2.15 bits per heavy atom. The SMILES string of the molecule is C=CCOC(=O)[C@@H](C)OS(C)(=O)=O. The Morgan fingerprint density at radius 3 is 2.54 bits per heavy atom. The van der Waals surface area contributed by atoms with Crippen LogP contribution in [0.3, 0.4) is 0 Å². The molecule has 0 fully saturated rings. The Morgan fingerprint density at radius 1 is 1.62 bits per heavy atom. The van der Waals surface area contributed by atoms with Crippen LogP contribution in [0.15, 0.2) is 12.7 Å². The molecule has 0 saturated heterocycles. The highest BCUT2D eigenvalue weighted by Gasteiger charge is 2.19. The number of ether oxygens (including phenoxy) is 1. The first kappa shape index (κ1) is 12.1. The highest BCUT2D eigenvalue weighted by atomic mass is 32.2. The molecule has 0 bridgehead atoms. The maximum Gasteiger partial charge on any atom is 0.336 e. The van der Waals surface area contributed by atoms with Gasteiger partial charge in [-0.05, 0) is 6.92 Å². The van der Waals surface area contributed by atoms with E-state index < -0.39 is 22.2 Å². The zero-order valence-electron chi connectivity index (χ0n) is 7.52. The molecule has 0 amide bonds. The summed E-state index contributed by atoms with van der Waals surface area (Å²) in [5.41, 5.74) is 0. The predicted molar refractivity (Wildman–Crippen MR) is 46.5 cm³/mol. The first-order valence-electron chi connectivity index (χ1n) is 3.52. The van der Waals surface area contributed by atoms with Gasteiger partial charge in [-0.15, -0.1) is 0 Å². The molecule has 6 heteroatoms. The minimum absolute atomic E-state index is 0.0380. The van der Waals surface area contributed by atoms with Crippen molar-refractivity contribution in [2.24, 2.45) is 0 Å². The molecular weight excluding hydrogens is 196 g/mol. The Kier molecular flexibility index (Phi) is 4.64. The van der Waals surface area contributed by atoms with E-state index in [1.807, 2.05) is 0 Å². The van der Waals surface area contributed by atoms with E-state index in [0.717, 1.165) is 6.26 Å². The van der Waals surface area contributed by atoms with Gasteiger partial charge in [-0.3, -0.25) is 4.18 Å². The lowest BCUT2D eigenvalue weighted by Gasteiger charge is -2.09. The van der Waals surface area contributed by atoms with Gasteiger partial charge in [-0.1, -0.05) is 12.7 Å². The third-order valence-corrected chi connectivity index (χ3v) is 1.63. The van der Waals surface area contributed by atoms with Crippen LogP contribution in [0, 0.1) is 0 Å². The second kappa shape index (κ2) is 4.98. The van der Waals surface area contributed by atoms with Crippen LogP contribution in [0.25, 0.3) is 0 Å². The van der Waals surface area contributed by atoms with Crippen molar-refractivity contribution in [3.63, 3.8) is 0 Å². The molecule has 0 rings (SSSR count). The predicted octanol–water partition coefficient (Wildman–Crippen LogP) is 0.0803. The summed E-state index contributed by atoms with van der Waals surface area (Å²) in [4.78, 5) is 10.9. The smallest absolute Gasteiger partial charge is 0.336 e. The normalized spacial score (nSPS) is 13.4. The molecule has 13 heavy (non-hydrogen) atoms. The number of hydrogen-bond acceptors (Lipinski definition) is 5. The summed E-state index contributed by atoms with van der Waals surface area (Å²) in [5.74, 6) is -0.731. The topological polar surface area (TPSA) is 69.7 Å². The summed E-state index contributed by atoms with van der Waals surface area (Å²) in [7, 11) is -3.62. The van der Waals surface area contributed by atoms with Crippen molar-refractivity contribution in [3.8, 4) is 0 Å². The molecule has 0 aromatic carbocycles. The van der Waals surface area contributed by atoms with Crippen LogP contribution in [-0.2, 0) is 23.8 Å². The van der Waals surface area contributed by atoms with Crippen LogP contribution >= 0.6 is 0 Å². The van der Waals surface area contributed by atoms with E-state index >= 15 is 0 Å². The van der Waals surface area contributed by atoms with Crippen LogP contribution in [0.5, 0.6) is 0 Å². The maximum absolute atomic E-state index is 10.9. The highest BCUT2D eigenvalue weighted by Crippen LogP contribution is 1.99. The summed E-state index contributed by atoms with van der Waals surface area (Å²) in [6.07, 6.45) is 1.13. The van der Waals surface area contributed by atoms with E-state index in [1.54, 1.807) is 0 Å². The van der Waals surface area contributed by atoms with Gasteiger partial charge in [0.25, 0.3) is 10.1 Å². The standard InChI is InChI=1S/C7H12O5S/c1-4-5-11-7(8)6(2)12-13(3,9)10/h4,6H,1,5H2,2-3H3/t6-/m1/s1. The fourth-order valence-corrected chi connectivity index (χ4v) is 1.16. The first-order valence-corrected chi connectivity index (χ1v) is 5.34. The quantitative estimate of drug-likeness (QED) is 0.363. The molecule has 0 aliphatic heterocycles. The molecule has 0 aliphatic rings. The van der Waals surface area contributed by atoms with Crippen molar-refractivity contribution in [3.05, 3.63) is 12.7 Å². The summed E-state index contributed by atoms with van der Waals surface area (Å²) < 4.78 is 30.1. The average molecular weight is 208 g/mol. The van der Waals surface area contributed by atoms with E-state index in [0.29, 0.717) is 0 Å². The largest absolute Gasteiger partial charge is 0.460 e. The fourth-order valence-electron chi connectivity index (χ4n) is 0.560. The van der Waals surface area contributed by atoms with Crippen LogP contribution < -0.4 is 0 Å². The number of carbonyl (C=O) groups excluding carboxylic acids is 1. The summed E-state index contributed by atoms with van der Waals surface area (Å²) in [6, 6.07) is 0. The minimum Gasteiger partial charge on any atom is -0.460 e.